The fourth-order valence-corrected chi connectivity index (χ4v) is 3.52. The Kier molecular flexibility index (Phi) is 6.92. The molecule has 172 valence electrons. The van der Waals surface area contributed by atoms with Gasteiger partial charge in [0.05, 0.1) is 7.11 Å². The highest BCUT2D eigenvalue weighted by Gasteiger charge is 2.25. The summed E-state index contributed by atoms with van der Waals surface area (Å²) >= 11 is 0. The fourth-order valence-electron chi connectivity index (χ4n) is 3.52. The van der Waals surface area contributed by atoms with Gasteiger partial charge in [0.2, 0.25) is 0 Å². The molecule has 3 rings (SSSR count). The minimum absolute atomic E-state index is 0.00236. The third kappa shape index (κ3) is 4.77. The van der Waals surface area contributed by atoms with E-state index in [0.29, 0.717) is 22.4 Å². The Labute approximate surface area is 192 Å². The van der Waals surface area contributed by atoms with Crippen LogP contribution >= 0.6 is 0 Å². The van der Waals surface area contributed by atoms with E-state index < -0.39 is 11.9 Å². The monoisotopic (exact) mass is 450 g/mol. The van der Waals surface area contributed by atoms with E-state index in [1.807, 2.05) is 30.3 Å². The van der Waals surface area contributed by atoms with Crippen LogP contribution in [-0.4, -0.2) is 29.3 Å². The molecule has 2 N–H and O–H groups in total. The number of phenols is 2. The van der Waals surface area contributed by atoms with Crippen molar-refractivity contribution in [3.05, 3.63) is 81.4 Å². The molecule has 3 aromatic rings. The number of rotatable bonds is 6. The average Bonchev–Trinajstić information content (AvgIpc) is 2.79. The predicted molar refractivity (Wildman–Crippen MR) is 122 cm³/mol. The lowest BCUT2D eigenvalue weighted by atomic mass is 10.0. The number of phenolic OH excluding ortho intramolecular Hbond substituents is 2. The van der Waals surface area contributed by atoms with Gasteiger partial charge in [-0.3, -0.25) is 0 Å². The molecular weight excluding hydrogens is 424 g/mol. The summed E-state index contributed by atoms with van der Waals surface area (Å²) in [6.45, 7) is 6.47. The maximum absolute atomic E-state index is 12.9. The highest BCUT2D eigenvalue weighted by atomic mass is 16.5. The normalized spacial score (nSPS) is 10.6. The zero-order valence-corrected chi connectivity index (χ0v) is 19.2. The lowest BCUT2D eigenvalue weighted by Gasteiger charge is -2.17. The van der Waals surface area contributed by atoms with E-state index in [1.165, 1.54) is 20.1 Å². The van der Waals surface area contributed by atoms with Crippen LogP contribution in [0.5, 0.6) is 23.0 Å². The van der Waals surface area contributed by atoms with Crippen LogP contribution in [0.1, 0.15) is 48.5 Å². The smallest absolute Gasteiger partial charge is 0.347 e. The maximum atomic E-state index is 12.9. The molecule has 0 saturated heterocycles. The molecule has 0 spiro atoms. The van der Waals surface area contributed by atoms with Crippen LogP contribution in [0.4, 0.5) is 0 Å². The summed E-state index contributed by atoms with van der Waals surface area (Å²) in [4.78, 5) is 25.5. The van der Waals surface area contributed by atoms with Gasteiger partial charge >= 0.3 is 11.9 Å². The van der Waals surface area contributed by atoms with Gasteiger partial charge in [0.1, 0.15) is 40.7 Å². The van der Waals surface area contributed by atoms with Crippen molar-refractivity contribution in [3.63, 3.8) is 0 Å². The Morgan fingerprint density at radius 1 is 0.788 bits per heavy atom. The molecule has 0 aromatic heterocycles. The largest absolute Gasteiger partial charge is 0.507 e. The molecule has 0 bridgehead atoms. The summed E-state index contributed by atoms with van der Waals surface area (Å²) < 4.78 is 16.0. The van der Waals surface area contributed by atoms with E-state index in [1.54, 1.807) is 26.8 Å². The quantitative estimate of drug-likeness (QED) is 0.406. The zero-order valence-electron chi connectivity index (χ0n) is 19.2. The second-order valence-electron chi connectivity index (χ2n) is 7.74. The van der Waals surface area contributed by atoms with Crippen LogP contribution in [0.25, 0.3) is 0 Å². The molecule has 3 aromatic carbocycles. The van der Waals surface area contributed by atoms with E-state index in [-0.39, 0.29) is 40.5 Å². The average molecular weight is 450 g/mol. The SMILES string of the molecule is COc1cc(C)c(C(=O)Oc2cc(C)c(C(=O)OCc3ccccc3)c(O)c2C)c(O)c1C. The van der Waals surface area contributed by atoms with Crippen LogP contribution in [0.3, 0.4) is 0 Å². The number of methoxy groups -OCH3 is 1. The molecule has 33 heavy (non-hydrogen) atoms. The fraction of sp³-hybridized carbons (Fsp3) is 0.231. The molecule has 7 heteroatoms. The molecule has 0 atom stereocenters. The molecule has 7 nitrogen and oxygen atoms in total. The van der Waals surface area contributed by atoms with Crippen LogP contribution in [0.15, 0.2) is 42.5 Å². The van der Waals surface area contributed by atoms with E-state index in [9.17, 15) is 19.8 Å². The number of esters is 2. The third-order valence-electron chi connectivity index (χ3n) is 5.45. The Balaban J connectivity index is 1.87. The number of benzene rings is 3. The van der Waals surface area contributed by atoms with Gasteiger partial charge < -0.3 is 24.4 Å². The molecule has 0 amide bonds. The molecule has 0 aliphatic rings. The summed E-state index contributed by atoms with van der Waals surface area (Å²) in [5.74, 6) is -1.53. The Morgan fingerprint density at radius 2 is 1.30 bits per heavy atom. The van der Waals surface area contributed by atoms with E-state index >= 15 is 0 Å². The van der Waals surface area contributed by atoms with Crippen molar-refractivity contribution in [1.29, 1.82) is 0 Å². The third-order valence-corrected chi connectivity index (χ3v) is 5.45. The first-order valence-corrected chi connectivity index (χ1v) is 10.3. The summed E-state index contributed by atoms with van der Waals surface area (Å²) in [5.41, 5.74) is 2.27. The van der Waals surface area contributed by atoms with Crippen molar-refractivity contribution in [2.75, 3.05) is 7.11 Å². The minimum Gasteiger partial charge on any atom is -0.507 e. The van der Waals surface area contributed by atoms with Gasteiger partial charge in [-0.2, -0.15) is 0 Å². The molecular formula is C26H26O7. The lowest BCUT2D eigenvalue weighted by Crippen LogP contribution is -2.14. The number of carbonyl (C=O) groups excluding carboxylic acids is 2. The second kappa shape index (κ2) is 9.65. The van der Waals surface area contributed by atoms with Crippen LogP contribution in [0.2, 0.25) is 0 Å². The van der Waals surface area contributed by atoms with E-state index in [2.05, 4.69) is 0 Å². The molecule has 0 unspecified atom stereocenters. The standard InChI is InChI=1S/C26H26O7/c1-14-11-19(31-5)16(3)23(27)22(14)26(30)33-20-12-15(2)21(24(28)17(20)4)25(29)32-13-18-9-7-6-8-10-18/h6-12,27-28H,13H2,1-5H3. The molecule has 0 aliphatic heterocycles. The molecule has 0 fully saturated rings. The van der Waals surface area contributed by atoms with Crippen LogP contribution in [0, 0.1) is 27.7 Å². The Hall–Kier alpha value is -4.00. The molecule has 0 radical (unpaired) electrons. The van der Waals surface area contributed by atoms with Gasteiger partial charge in [-0.25, -0.2) is 9.59 Å². The number of hydrogen-bond donors (Lipinski definition) is 2. The van der Waals surface area contributed by atoms with Crippen molar-refractivity contribution in [2.24, 2.45) is 0 Å². The van der Waals surface area contributed by atoms with Gasteiger partial charge in [0, 0.05) is 11.1 Å². The molecule has 0 saturated carbocycles. The van der Waals surface area contributed by atoms with E-state index in [0.717, 1.165) is 5.56 Å². The summed E-state index contributed by atoms with van der Waals surface area (Å²) in [6.07, 6.45) is 0. The van der Waals surface area contributed by atoms with Gasteiger partial charge in [-0.1, -0.05) is 30.3 Å². The summed E-state index contributed by atoms with van der Waals surface area (Å²) in [7, 11) is 1.47. The number of carbonyl (C=O) groups is 2. The van der Waals surface area contributed by atoms with Crippen molar-refractivity contribution in [3.8, 4) is 23.0 Å². The van der Waals surface area contributed by atoms with Gasteiger partial charge in [0.15, 0.2) is 0 Å². The minimum atomic E-state index is -0.794. The predicted octanol–water partition coefficient (Wildman–Crippen LogP) is 4.92. The first-order chi connectivity index (χ1) is 15.6. The maximum Gasteiger partial charge on any atom is 0.347 e. The van der Waals surface area contributed by atoms with E-state index in [4.69, 9.17) is 14.2 Å². The zero-order chi connectivity index (χ0) is 24.3. The number of hydrogen-bond acceptors (Lipinski definition) is 7. The highest BCUT2D eigenvalue weighted by Crippen LogP contribution is 2.37. The highest BCUT2D eigenvalue weighted by molar-refractivity contribution is 5.98. The Bertz CT molecular complexity index is 1210. The molecule has 0 aliphatic carbocycles. The number of aromatic hydroxyl groups is 2. The van der Waals surface area contributed by atoms with Crippen molar-refractivity contribution in [2.45, 2.75) is 34.3 Å². The van der Waals surface area contributed by atoms with Crippen molar-refractivity contribution < 1.29 is 34.0 Å². The number of ether oxygens (including phenoxy) is 3. The number of aryl methyl sites for hydroxylation is 2. The Morgan fingerprint density at radius 3 is 1.88 bits per heavy atom. The van der Waals surface area contributed by atoms with Gasteiger partial charge in [0.25, 0.3) is 0 Å². The first-order valence-electron chi connectivity index (χ1n) is 10.3. The molecule has 0 heterocycles. The topological polar surface area (TPSA) is 102 Å². The van der Waals surface area contributed by atoms with Crippen LogP contribution in [-0.2, 0) is 11.3 Å². The van der Waals surface area contributed by atoms with Crippen LogP contribution < -0.4 is 9.47 Å². The van der Waals surface area contributed by atoms with Crippen molar-refractivity contribution >= 4 is 11.9 Å². The van der Waals surface area contributed by atoms with Crippen molar-refractivity contribution in [1.82, 2.24) is 0 Å². The van der Waals surface area contributed by atoms with Gasteiger partial charge in [-0.05, 0) is 56.5 Å². The van der Waals surface area contributed by atoms with Gasteiger partial charge in [-0.15, -0.1) is 0 Å². The summed E-state index contributed by atoms with van der Waals surface area (Å²) in [6, 6.07) is 12.3. The summed E-state index contributed by atoms with van der Waals surface area (Å²) in [5, 5.41) is 21.2. The second-order valence-corrected chi connectivity index (χ2v) is 7.74. The first kappa shape index (κ1) is 23.7. The lowest BCUT2D eigenvalue weighted by molar-refractivity contribution is 0.0468.